The SMILES string of the molecule is Cc1cc2c(Nc3ccnc(NCCc4c[nH]c5ccc(O)cc45)n3)cccc2[nH]1. The number of aryl methyl sites for hydroxylation is 1. The van der Waals surface area contributed by atoms with Gasteiger partial charge in [0, 0.05) is 52.1 Å². The summed E-state index contributed by atoms with van der Waals surface area (Å²) >= 11 is 0. The van der Waals surface area contributed by atoms with Crippen LogP contribution < -0.4 is 10.6 Å². The number of nitrogens with one attached hydrogen (secondary N) is 4. The minimum absolute atomic E-state index is 0.269. The van der Waals surface area contributed by atoms with Crippen molar-refractivity contribution in [2.24, 2.45) is 0 Å². The van der Waals surface area contributed by atoms with Gasteiger partial charge in [0.1, 0.15) is 11.6 Å². The normalized spacial score (nSPS) is 11.2. The number of aromatic amines is 2. The number of H-pyrrole nitrogens is 2. The molecule has 0 unspecified atom stereocenters. The molecule has 5 aromatic rings. The highest BCUT2D eigenvalue weighted by atomic mass is 16.3. The molecule has 0 fully saturated rings. The van der Waals surface area contributed by atoms with Crippen LogP contribution in [0.2, 0.25) is 0 Å². The molecule has 0 aliphatic rings. The first-order valence-electron chi connectivity index (χ1n) is 9.87. The Morgan fingerprint density at radius 3 is 2.90 bits per heavy atom. The van der Waals surface area contributed by atoms with E-state index in [4.69, 9.17) is 0 Å². The summed E-state index contributed by atoms with van der Waals surface area (Å²) in [7, 11) is 0. The second-order valence-electron chi connectivity index (χ2n) is 7.33. The number of hydrogen-bond donors (Lipinski definition) is 5. The van der Waals surface area contributed by atoms with Crippen molar-refractivity contribution >= 4 is 39.3 Å². The highest BCUT2D eigenvalue weighted by Gasteiger charge is 2.07. The molecule has 0 aliphatic carbocycles. The van der Waals surface area contributed by atoms with Crippen LogP contribution in [0, 0.1) is 6.92 Å². The van der Waals surface area contributed by atoms with Gasteiger partial charge in [0.15, 0.2) is 0 Å². The molecule has 2 aromatic carbocycles. The number of phenols is 1. The van der Waals surface area contributed by atoms with Gasteiger partial charge < -0.3 is 25.7 Å². The van der Waals surface area contributed by atoms with Crippen LogP contribution in [0.5, 0.6) is 5.75 Å². The van der Waals surface area contributed by atoms with Crippen LogP contribution >= 0.6 is 0 Å². The molecule has 0 saturated carbocycles. The van der Waals surface area contributed by atoms with E-state index in [1.807, 2.05) is 37.4 Å². The summed E-state index contributed by atoms with van der Waals surface area (Å²) in [5.74, 6) is 1.57. The van der Waals surface area contributed by atoms with Gasteiger partial charge in [0.25, 0.3) is 0 Å². The van der Waals surface area contributed by atoms with Gasteiger partial charge in [-0.15, -0.1) is 0 Å². The molecule has 150 valence electrons. The van der Waals surface area contributed by atoms with Crippen molar-refractivity contribution in [2.75, 3.05) is 17.2 Å². The Morgan fingerprint density at radius 1 is 1.03 bits per heavy atom. The van der Waals surface area contributed by atoms with E-state index in [-0.39, 0.29) is 5.75 Å². The molecule has 0 radical (unpaired) electrons. The molecule has 3 heterocycles. The number of hydrogen-bond acceptors (Lipinski definition) is 5. The Kier molecular flexibility index (Phi) is 4.48. The zero-order chi connectivity index (χ0) is 20.5. The van der Waals surface area contributed by atoms with E-state index < -0.39 is 0 Å². The maximum Gasteiger partial charge on any atom is 0.224 e. The first-order chi connectivity index (χ1) is 14.7. The van der Waals surface area contributed by atoms with Crippen molar-refractivity contribution in [3.8, 4) is 5.75 Å². The molecule has 5 rings (SSSR count). The minimum Gasteiger partial charge on any atom is -0.508 e. The lowest BCUT2D eigenvalue weighted by molar-refractivity contribution is 0.476. The molecule has 30 heavy (non-hydrogen) atoms. The molecule has 3 aromatic heterocycles. The van der Waals surface area contributed by atoms with Gasteiger partial charge in [0.2, 0.25) is 5.95 Å². The van der Waals surface area contributed by atoms with Gasteiger partial charge in [0.05, 0.1) is 0 Å². The number of rotatable bonds is 6. The molecule has 0 saturated heterocycles. The summed E-state index contributed by atoms with van der Waals surface area (Å²) in [6.45, 7) is 2.73. The van der Waals surface area contributed by atoms with Crippen LogP contribution in [0.4, 0.5) is 17.5 Å². The van der Waals surface area contributed by atoms with Crippen molar-refractivity contribution in [2.45, 2.75) is 13.3 Å². The Labute approximate surface area is 173 Å². The van der Waals surface area contributed by atoms with Crippen molar-refractivity contribution < 1.29 is 5.11 Å². The fourth-order valence-electron chi connectivity index (χ4n) is 3.74. The van der Waals surface area contributed by atoms with Crippen molar-refractivity contribution in [1.29, 1.82) is 0 Å². The van der Waals surface area contributed by atoms with Crippen LogP contribution in [0.15, 0.2) is 60.9 Å². The number of aromatic hydroxyl groups is 1. The Hall–Kier alpha value is -4.00. The first kappa shape index (κ1) is 18.1. The highest BCUT2D eigenvalue weighted by molar-refractivity contribution is 5.94. The largest absolute Gasteiger partial charge is 0.508 e. The third-order valence-electron chi connectivity index (χ3n) is 5.15. The lowest BCUT2D eigenvalue weighted by Gasteiger charge is -2.09. The van der Waals surface area contributed by atoms with Gasteiger partial charge in [-0.25, -0.2) is 4.98 Å². The van der Waals surface area contributed by atoms with Crippen LogP contribution in [-0.4, -0.2) is 31.6 Å². The molecule has 0 amide bonds. The monoisotopic (exact) mass is 398 g/mol. The number of anilines is 3. The van der Waals surface area contributed by atoms with Gasteiger partial charge in [-0.3, -0.25) is 0 Å². The summed E-state index contributed by atoms with van der Waals surface area (Å²) in [6, 6.07) is 15.4. The third-order valence-corrected chi connectivity index (χ3v) is 5.15. The van der Waals surface area contributed by atoms with E-state index in [2.05, 4.69) is 42.7 Å². The summed E-state index contributed by atoms with van der Waals surface area (Å²) in [5.41, 5.74) is 5.36. The van der Waals surface area contributed by atoms with Gasteiger partial charge in [-0.05, 0) is 61.4 Å². The second-order valence-corrected chi connectivity index (χ2v) is 7.33. The molecule has 7 heteroatoms. The summed E-state index contributed by atoms with van der Waals surface area (Å²) in [4.78, 5) is 15.5. The van der Waals surface area contributed by atoms with Crippen LogP contribution in [0.25, 0.3) is 21.8 Å². The third kappa shape index (κ3) is 3.53. The minimum atomic E-state index is 0.269. The zero-order valence-corrected chi connectivity index (χ0v) is 16.5. The average molecular weight is 398 g/mol. The fourth-order valence-corrected chi connectivity index (χ4v) is 3.74. The quantitative estimate of drug-likeness (QED) is 0.281. The molecule has 0 atom stereocenters. The molecule has 7 nitrogen and oxygen atoms in total. The van der Waals surface area contributed by atoms with Crippen LogP contribution in [0.3, 0.4) is 0 Å². The van der Waals surface area contributed by atoms with E-state index >= 15 is 0 Å². The summed E-state index contributed by atoms with van der Waals surface area (Å²) < 4.78 is 0. The Bertz CT molecular complexity index is 1340. The van der Waals surface area contributed by atoms with E-state index in [1.165, 1.54) is 0 Å². The summed E-state index contributed by atoms with van der Waals surface area (Å²) in [6.07, 6.45) is 4.50. The van der Waals surface area contributed by atoms with E-state index in [1.54, 1.807) is 18.3 Å². The molecule has 0 bridgehead atoms. The van der Waals surface area contributed by atoms with Crippen molar-refractivity contribution in [3.05, 3.63) is 72.2 Å². The van der Waals surface area contributed by atoms with Gasteiger partial charge >= 0.3 is 0 Å². The molecule has 0 aliphatic heterocycles. The van der Waals surface area contributed by atoms with Gasteiger partial charge in [-0.1, -0.05) is 6.07 Å². The molecule has 5 N–H and O–H groups in total. The second kappa shape index (κ2) is 7.44. The van der Waals surface area contributed by atoms with Crippen LogP contribution in [-0.2, 0) is 6.42 Å². The van der Waals surface area contributed by atoms with Gasteiger partial charge in [-0.2, -0.15) is 4.98 Å². The average Bonchev–Trinajstić information content (AvgIpc) is 3.31. The number of benzene rings is 2. The Morgan fingerprint density at radius 2 is 1.97 bits per heavy atom. The lowest BCUT2D eigenvalue weighted by Crippen LogP contribution is -2.08. The van der Waals surface area contributed by atoms with Crippen LogP contribution in [0.1, 0.15) is 11.3 Å². The highest BCUT2D eigenvalue weighted by Crippen LogP contribution is 2.27. The van der Waals surface area contributed by atoms with Crippen molar-refractivity contribution in [3.63, 3.8) is 0 Å². The number of fused-ring (bicyclic) bond motifs is 2. The van der Waals surface area contributed by atoms with E-state index in [9.17, 15) is 5.11 Å². The van der Waals surface area contributed by atoms with E-state index in [0.717, 1.165) is 51.0 Å². The number of aromatic nitrogens is 4. The Balaban J connectivity index is 1.28. The number of nitrogens with zero attached hydrogens (tertiary/aromatic N) is 2. The molecular weight excluding hydrogens is 376 g/mol. The predicted molar refractivity (Wildman–Crippen MR) is 121 cm³/mol. The first-order valence-corrected chi connectivity index (χ1v) is 9.87. The lowest BCUT2D eigenvalue weighted by atomic mass is 10.1. The standard InChI is InChI=1S/C23H22N6O/c1-14-11-18-20(27-14)3-2-4-21(18)28-22-8-10-25-23(29-22)24-9-7-15-13-26-19-6-5-16(30)12-17(15)19/h2-6,8,10-13,26-27,30H,7,9H2,1H3,(H2,24,25,28,29). The smallest absolute Gasteiger partial charge is 0.224 e. The van der Waals surface area contributed by atoms with Crippen molar-refractivity contribution in [1.82, 2.24) is 19.9 Å². The zero-order valence-electron chi connectivity index (χ0n) is 16.5. The number of phenolic OH excluding ortho intramolecular Hbond substituents is 1. The van der Waals surface area contributed by atoms with E-state index in [0.29, 0.717) is 12.5 Å². The maximum absolute atomic E-state index is 9.74. The summed E-state index contributed by atoms with van der Waals surface area (Å²) in [5, 5.41) is 18.6. The molecular formula is C23H22N6O. The maximum atomic E-state index is 9.74. The topological polar surface area (TPSA) is 102 Å². The molecule has 0 spiro atoms. The fraction of sp³-hybridized carbons (Fsp3) is 0.130. The predicted octanol–water partition coefficient (Wildman–Crippen LogP) is 4.85.